The molecule has 162 valence electrons. The highest BCUT2D eigenvalue weighted by atomic mass is 19.1. The Kier molecular flexibility index (Phi) is 5.80. The third-order valence-corrected chi connectivity index (χ3v) is 4.82. The highest BCUT2D eigenvalue weighted by Gasteiger charge is 2.18. The predicted molar refractivity (Wildman–Crippen MR) is 116 cm³/mol. The second-order valence-corrected chi connectivity index (χ2v) is 7.00. The minimum Gasteiger partial charge on any atom is -0.322 e. The molecule has 1 aromatic heterocycles. The van der Waals surface area contributed by atoms with Gasteiger partial charge in [0, 0.05) is 0 Å². The van der Waals surface area contributed by atoms with Crippen molar-refractivity contribution in [2.75, 3.05) is 10.6 Å². The van der Waals surface area contributed by atoms with Crippen LogP contribution in [0, 0.1) is 11.6 Å². The summed E-state index contributed by atoms with van der Waals surface area (Å²) in [5, 5.41) is 4.87. The third kappa shape index (κ3) is 4.27. The number of fused-ring (bicyclic) bond motifs is 1. The number of imidazole rings is 1. The van der Waals surface area contributed by atoms with Crippen LogP contribution in [0.1, 0.15) is 0 Å². The molecule has 0 fully saturated rings. The Bertz CT molecular complexity index is 1280. The first-order valence-electron chi connectivity index (χ1n) is 9.71. The van der Waals surface area contributed by atoms with Crippen LogP contribution in [0.4, 0.5) is 20.2 Å². The van der Waals surface area contributed by atoms with Gasteiger partial charge in [-0.15, -0.1) is 0 Å². The van der Waals surface area contributed by atoms with E-state index in [1.165, 1.54) is 45.5 Å². The molecule has 7 nitrogen and oxygen atoms in total. The largest absolute Gasteiger partial charge is 0.330 e. The zero-order valence-electron chi connectivity index (χ0n) is 16.7. The maximum absolute atomic E-state index is 13.8. The minimum absolute atomic E-state index is 0.00134. The van der Waals surface area contributed by atoms with Gasteiger partial charge in [-0.25, -0.2) is 13.6 Å². The molecule has 0 aliphatic heterocycles. The van der Waals surface area contributed by atoms with Crippen LogP contribution in [0.25, 0.3) is 11.0 Å². The third-order valence-electron chi connectivity index (χ3n) is 4.82. The molecule has 4 rings (SSSR count). The maximum Gasteiger partial charge on any atom is 0.330 e. The SMILES string of the molecule is O=C(Cn1c(=O)n(CC(=O)Nc2ccccc2F)c2ccccc21)Nc1ccccc1F. The fraction of sp³-hybridized carbons (Fsp3) is 0.0870. The van der Waals surface area contributed by atoms with Gasteiger partial charge in [-0.2, -0.15) is 0 Å². The van der Waals surface area contributed by atoms with Crippen molar-refractivity contribution in [1.29, 1.82) is 0 Å². The van der Waals surface area contributed by atoms with E-state index in [0.29, 0.717) is 11.0 Å². The van der Waals surface area contributed by atoms with Crippen LogP contribution >= 0.6 is 0 Å². The second kappa shape index (κ2) is 8.84. The van der Waals surface area contributed by atoms with Crippen LogP contribution in [0.2, 0.25) is 0 Å². The molecule has 0 aliphatic rings. The number of amides is 2. The number of nitrogens with one attached hydrogen (secondary N) is 2. The Morgan fingerprint density at radius 3 is 1.44 bits per heavy atom. The molecule has 0 atom stereocenters. The summed E-state index contributed by atoms with van der Waals surface area (Å²) in [6, 6.07) is 18.0. The summed E-state index contributed by atoms with van der Waals surface area (Å²) in [5.41, 5.74) is 0.260. The molecule has 2 amide bonds. The lowest BCUT2D eigenvalue weighted by Gasteiger charge is -2.07. The molecule has 0 aliphatic carbocycles. The van der Waals surface area contributed by atoms with Gasteiger partial charge < -0.3 is 10.6 Å². The predicted octanol–water partition coefficient (Wildman–Crippen LogP) is 3.36. The fourth-order valence-corrected chi connectivity index (χ4v) is 3.37. The number of rotatable bonds is 6. The van der Waals surface area contributed by atoms with Crippen molar-refractivity contribution < 1.29 is 18.4 Å². The van der Waals surface area contributed by atoms with Crippen molar-refractivity contribution in [2.24, 2.45) is 0 Å². The number of aromatic nitrogens is 2. The summed E-state index contributed by atoms with van der Waals surface area (Å²) in [6.07, 6.45) is 0. The normalized spacial score (nSPS) is 10.8. The summed E-state index contributed by atoms with van der Waals surface area (Å²) >= 11 is 0. The van der Waals surface area contributed by atoms with Gasteiger partial charge in [-0.3, -0.25) is 18.7 Å². The number of carbonyl (C=O) groups excluding carboxylic acids is 2. The minimum atomic E-state index is -0.601. The lowest BCUT2D eigenvalue weighted by molar-refractivity contribution is -0.117. The number of para-hydroxylation sites is 4. The van der Waals surface area contributed by atoms with Crippen LogP contribution in [0.15, 0.2) is 77.6 Å². The van der Waals surface area contributed by atoms with Gasteiger partial charge in [0.2, 0.25) is 11.8 Å². The van der Waals surface area contributed by atoms with Crippen LogP contribution in [-0.4, -0.2) is 20.9 Å². The number of anilines is 2. The zero-order valence-corrected chi connectivity index (χ0v) is 16.7. The highest BCUT2D eigenvalue weighted by molar-refractivity contribution is 5.93. The van der Waals surface area contributed by atoms with Crippen molar-refractivity contribution in [3.63, 3.8) is 0 Å². The number of halogens is 2. The van der Waals surface area contributed by atoms with Crippen LogP contribution in [0.5, 0.6) is 0 Å². The van der Waals surface area contributed by atoms with Crippen molar-refractivity contribution in [1.82, 2.24) is 9.13 Å². The molecule has 2 N–H and O–H groups in total. The topological polar surface area (TPSA) is 85.1 Å². The van der Waals surface area contributed by atoms with Gasteiger partial charge in [0.1, 0.15) is 24.7 Å². The molecule has 1 heterocycles. The number of hydrogen-bond donors (Lipinski definition) is 2. The lowest BCUT2D eigenvalue weighted by atomic mass is 10.3. The van der Waals surface area contributed by atoms with Crippen LogP contribution in [-0.2, 0) is 22.7 Å². The number of hydrogen-bond acceptors (Lipinski definition) is 3. The summed E-state index contributed by atoms with van der Waals surface area (Å²) in [6.45, 7) is -0.759. The maximum atomic E-state index is 13.8. The molecular weight excluding hydrogens is 418 g/mol. The van der Waals surface area contributed by atoms with E-state index in [1.54, 1.807) is 36.4 Å². The Morgan fingerprint density at radius 2 is 1.03 bits per heavy atom. The molecule has 3 aromatic carbocycles. The Morgan fingerprint density at radius 1 is 0.656 bits per heavy atom. The van der Waals surface area contributed by atoms with Gasteiger partial charge >= 0.3 is 5.69 Å². The second-order valence-electron chi connectivity index (χ2n) is 7.00. The Balaban J connectivity index is 1.60. The Labute approximate surface area is 180 Å². The number of nitrogens with zero attached hydrogens (tertiary/aromatic N) is 2. The molecule has 32 heavy (non-hydrogen) atoms. The molecule has 0 radical (unpaired) electrons. The first kappa shape index (κ1) is 21.0. The summed E-state index contributed by atoms with van der Waals surface area (Å²) in [4.78, 5) is 38.0. The smallest absolute Gasteiger partial charge is 0.322 e. The van der Waals surface area contributed by atoms with Crippen molar-refractivity contribution >= 4 is 34.2 Å². The molecule has 0 bridgehead atoms. The van der Waals surface area contributed by atoms with E-state index >= 15 is 0 Å². The summed E-state index contributed by atoms with van der Waals surface area (Å²) in [5.74, 6) is -2.40. The van der Waals surface area contributed by atoms with Gasteiger partial charge in [0.15, 0.2) is 0 Å². The van der Waals surface area contributed by atoms with Crippen molar-refractivity contribution in [2.45, 2.75) is 13.1 Å². The molecule has 0 spiro atoms. The monoisotopic (exact) mass is 436 g/mol. The summed E-state index contributed by atoms with van der Waals surface area (Å²) < 4.78 is 30.0. The van der Waals surface area contributed by atoms with E-state index in [1.807, 2.05) is 0 Å². The standard InChI is InChI=1S/C23H18F2N4O3/c24-15-7-1-3-9-17(15)26-21(30)13-28-19-11-5-6-12-20(19)29(23(28)32)14-22(31)27-18-10-4-2-8-16(18)25/h1-12H,13-14H2,(H,26,30)(H,27,31). The average molecular weight is 436 g/mol. The van der Waals surface area contributed by atoms with E-state index in [4.69, 9.17) is 0 Å². The Hall–Kier alpha value is -4.27. The van der Waals surface area contributed by atoms with E-state index in [2.05, 4.69) is 10.6 Å². The molecular formula is C23H18F2N4O3. The van der Waals surface area contributed by atoms with E-state index < -0.39 is 29.1 Å². The van der Waals surface area contributed by atoms with Gasteiger partial charge in [0.25, 0.3) is 0 Å². The summed E-state index contributed by atoms with van der Waals surface area (Å²) in [7, 11) is 0. The van der Waals surface area contributed by atoms with E-state index in [0.717, 1.165) is 0 Å². The fourth-order valence-electron chi connectivity index (χ4n) is 3.37. The first-order chi connectivity index (χ1) is 15.4. The highest BCUT2D eigenvalue weighted by Crippen LogP contribution is 2.16. The average Bonchev–Trinajstić information content (AvgIpc) is 3.03. The van der Waals surface area contributed by atoms with Gasteiger partial charge in [-0.05, 0) is 36.4 Å². The molecule has 4 aromatic rings. The number of benzene rings is 3. The van der Waals surface area contributed by atoms with E-state index in [-0.39, 0.29) is 24.5 Å². The molecule has 9 heteroatoms. The van der Waals surface area contributed by atoms with E-state index in [9.17, 15) is 23.2 Å². The van der Waals surface area contributed by atoms with Crippen LogP contribution in [0.3, 0.4) is 0 Å². The molecule has 0 unspecified atom stereocenters. The van der Waals surface area contributed by atoms with Gasteiger partial charge in [-0.1, -0.05) is 36.4 Å². The molecule has 0 saturated carbocycles. The number of carbonyl (C=O) groups is 2. The van der Waals surface area contributed by atoms with Crippen molar-refractivity contribution in [3.8, 4) is 0 Å². The zero-order chi connectivity index (χ0) is 22.7. The van der Waals surface area contributed by atoms with Gasteiger partial charge in [0.05, 0.1) is 22.4 Å². The lowest BCUT2D eigenvalue weighted by Crippen LogP contribution is -2.32. The molecule has 0 saturated heterocycles. The van der Waals surface area contributed by atoms with Crippen molar-refractivity contribution in [3.05, 3.63) is 94.9 Å². The quantitative estimate of drug-likeness (QED) is 0.486. The van der Waals surface area contributed by atoms with Crippen LogP contribution < -0.4 is 16.3 Å². The first-order valence-corrected chi connectivity index (χ1v) is 9.71.